The molecule has 0 spiro atoms. The summed E-state index contributed by atoms with van der Waals surface area (Å²) in [5.41, 5.74) is 9.03. The van der Waals surface area contributed by atoms with Crippen LogP contribution in [-0.2, 0) is 13.0 Å². The van der Waals surface area contributed by atoms with Crippen molar-refractivity contribution >= 4 is 11.6 Å². The molecule has 128 valence electrons. The number of nitrogens with two attached hydrogens (primary N) is 1. The van der Waals surface area contributed by atoms with Crippen LogP contribution in [-0.4, -0.2) is 12.1 Å². The molecule has 0 amide bonds. The van der Waals surface area contributed by atoms with Crippen LogP contribution < -0.4 is 10.5 Å². The van der Waals surface area contributed by atoms with Gasteiger partial charge in [-0.25, -0.2) is 4.39 Å². The quantitative estimate of drug-likeness (QED) is 0.726. The van der Waals surface area contributed by atoms with Gasteiger partial charge in [0.05, 0.1) is 18.4 Å². The van der Waals surface area contributed by atoms with Crippen LogP contribution in [0.3, 0.4) is 0 Å². The molecule has 0 aliphatic carbocycles. The minimum Gasteiger partial charge on any atom is -0.496 e. The van der Waals surface area contributed by atoms with Gasteiger partial charge in [-0.15, -0.1) is 0 Å². The highest BCUT2D eigenvalue weighted by molar-refractivity contribution is 6.30. The first kappa shape index (κ1) is 17.4. The zero-order chi connectivity index (χ0) is 17.8. The first-order valence-electron chi connectivity index (χ1n) is 7.87. The number of aromatic nitrogens is 1. The smallest absolute Gasteiger partial charge is 0.138 e. The number of ether oxygens (including phenoxy) is 1. The van der Waals surface area contributed by atoms with Gasteiger partial charge in [0.1, 0.15) is 11.6 Å². The van der Waals surface area contributed by atoms with E-state index in [0.717, 1.165) is 11.3 Å². The molecular weight excluding hydrogens is 339 g/mol. The van der Waals surface area contributed by atoms with Gasteiger partial charge in [0.2, 0.25) is 0 Å². The van der Waals surface area contributed by atoms with Gasteiger partial charge in [-0.2, -0.15) is 0 Å². The van der Waals surface area contributed by atoms with E-state index < -0.39 is 0 Å². The number of pyridine rings is 1. The molecule has 0 atom stereocenters. The summed E-state index contributed by atoms with van der Waals surface area (Å²) in [6.45, 7) is 0.354. The number of benzene rings is 2. The predicted molar refractivity (Wildman–Crippen MR) is 98.3 cm³/mol. The van der Waals surface area contributed by atoms with Crippen LogP contribution in [0.2, 0.25) is 5.02 Å². The zero-order valence-electron chi connectivity index (χ0n) is 13.8. The van der Waals surface area contributed by atoms with Crippen LogP contribution in [0.4, 0.5) is 4.39 Å². The molecule has 0 saturated carbocycles. The second-order valence-corrected chi connectivity index (χ2v) is 6.10. The third-order valence-electron chi connectivity index (χ3n) is 4.00. The summed E-state index contributed by atoms with van der Waals surface area (Å²) in [7, 11) is 1.53. The third kappa shape index (κ3) is 3.81. The number of hydrogen-bond acceptors (Lipinski definition) is 3. The molecule has 2 aromatic carbocycles. The van der Waals surface area contributed by atoms with E-state index in [-0.39, 0.29) is 5.82 Å². The molecule has 1 heterocycles. The lowest BCUT2D eigenvalue weighted by atomic mass is 9.97. The van der Waals surface area contributed by atoms with Crippen molar-refractivity contribution in [2.75, 3.05) is 7.11 Å². The zero-order valence-corrected chi connectivity index (χ0v) is 14.6. The maximum atomic E-state index is 15.2. The van der Waals surface area contributed by atoms with Crippen LogP contribution >= 0.6 is 11.6 Å². The van der Waals surface area contributed by atoms with Gasteiger partial charge in [0.25, 0.3) is 0 Å². The molecule has 25 heavy (non-hydrogen) atoms. The highest BCUT2D eigenvalue weighted by Crippen LogP contribution is 2.36. The normalized spacial score (nSPS) is 10.7. The summed E-state index contributed by atoms with van der Waals surface area (Å²) < 4.78 is 20.6. The molecule has 0 saturated heterocycles. The molecule has 1 aromatic heterocycles. The molecule has 3 rings (SSSR count). The van der Waals surface area contributed by atoms with Crippen molar-refractivity contribution in [1.29, 1.82) is 0 Å². The van der Waals surface area contributed by atoms with E-state index in [4.69, 9.17) is 22.1 Å². The molecule has 0 aliphatic heterocycles. The fraction of sp³-hybridized carbons (Fsp3) is 0.150. The molecule has 0 aliphatic rings. The molecule has 5 heteroatoms. The number of nitrogens with zero attached hydrogens (tertiary/aromatic N) is 1. The number of hydrogen-bond donors (Lipinski definition) is 1. The van der Waals surface area contributed by atoms with Crippen LogP contribution in [0.15, 0.2) is 54.7 Å². The average Bonchev–Trinajstić information content (AvgIpc) is 2.63. The monoisotopic (exact) mass is 356 g/mol. The molecule has 2 N–H and O–H groups in total. The van der Waals surface area contributed by atoms with Crippen LogP contribution in [0.25, 0.3) is 11.1 Å². The van der Waals surface area contributed by atoms with Crippen LogP contribution in [0, 0.1) is 5.82 Å². The number of methoxy groups -OCH3 is 1. The summed E-state index contributed by atoms with van der Waals surface area (Å²) in [6.07, 6.45) is 2.13. The van der Waals surface area contributed by atoms with E-state index in [9.17, 15) is 0 Å². The standard InChI is InChI=1S/C20H18ClFN2O/c1-25-18-6-5-15(9-13-7-8-24-17(10-13)12-23)20(22)19(18)14-3-2-4-16(21)11-14/h2-8,10-11H,9,12,23H2,1H3. The highest BCUT2D eigenvalue weighted by atomic mass is 35.5. The van der Waals surface area contributed by atoms with Crippen molar-refractivity contribution in [2.45, 2.75) is 13.0 Å². The lowest BCUT2D eigenvalue weighted by molar-refractivity contribution is 0.413. The molecule has 0 bridgehead atoms. The van der Waals surface area contributed by atoms with Gasteiger partial charge in [0, 0.05) is 24.2 Å². The van der Waals surface area contributed by atoms with Gasteiger partial charge in [-0.1, -0.05) is 29.8 Å². The summed E-state index contributed by atoms with van der Waals surface area (Å²) in [5, 5.41) is 0.547. The molecular formula is C20H18ClFN2O. The van der Waals surface area contributed by atoms with E-state index in [1.54, 1.807) is 36.5 Å². The highest BCUT2D eigenvalue weighted by Gasteiger charge is 2.16. The van der Waals surface area contributed by atoms with E-state index >= 15 is 4.39 Å². The molecule has 3 aromatic rings. The Bertz CT molecular complexity index is 899. The minimum absolute atomic E-state index is 0.312. The Hall–Kier alpha value is -2.43. The van der Waals surface area contributed by atoms with Gasteiger partial charge in [-0.05, 0) is 47.0 Å². The van der Waals surface area contributed by atoms with Gasteiger partial charge >= 0.3 is 0 Å². The van der Waals surface area contributed by atoms with Crippen LogP contribution in [0.5, 0.6) is 5.75 Å². The number of rotatable bonds is 5. The summed E-state index contributed by atoms with van der Waals surface area (Å²) in [4.78, 5) is 4.17. The second-order valence-electron chi connectivity index (χ2n) is 5.66. The van der Waals surface area contributed by atoms with Gasteiger partial charge < -0.3 is 10.5 Å². The Balaban J connectivity index is 2.05. The summed E-state index contributed by atoms with van der Waals surface area (Å²) in [5.74, 6) is 0.161. The largest absolute Gasteiger partial charge is 0.496 e. The maximum Gasteiger partial charge on any atom is 0.138 e. The first-order valence-corrected chi connectivity index (χ1v) is 8.25. The van der Waals surface area contributed by atoms with Crippen molar-refractivity contribution in [3.8, 4) is 16.9 Å². The Kier molecular flexibility index (Phi) is 5.31. The molecule has 0 fully saturated rings. The fourth-order valence-corrected chi connectivity index (χ4v) is 2.98. The Morgan fingerprint density at radius 1 is 1.16 bits per heavy atom. The first-order chi connectivity index (χ1) is 12.1. The number of halogens is 2. The predicted octanol–water partition coefficient (Wildman–Crippen LogP) is 4.60. The van der Waals surface area contributed by atoms with Crippen molar-refractivity contribution in [3.63, 3.8) is 0 Å². The van der Waals surface area contributed by atoms with Crippen LogP contribution in [0.1, 0.15) is 16.8 Å². The Morgan fingerprint density at radius 2 is 2.00 bits per heavy atom. The third-order valence-corrected chi connectivity index (χ3v) is 4.24. The van der Waals surface area contributed by atoms with Crippen molar-refractivity contribution in [2.24, 2.45) is 5.73 Å². The average molecular weight is 357 g/mol. The van der Waals surface area contributed by atoms with E-state index in [0.29, 0.717) is 40.4 Å². The molecule has 0 radical (unpaired) electrons. The van der Waals surface area contributed by atoms with Gasteiger partial charge in [0.15, 0.2) is 0 Å². The molecule has 3 nitrogen and oxygen atoms in total. The molecule has 0 unspecified atom stereocenters. The topological polar surface area (TPSA) is 48.1 Å². The summed E-state index contributed by atoms with van der Waals surface area (Å²) >= 11 is 6.06. The van der Waals surface area contributed by atoms with E-state index in [2.05, 4.69) is 4.98 Å². The SMILES string of the molecule is COc1ccc(Cc2ccnc(CN)c2)c(F)c1-c1cccc(Cl)c1. The van der Waals surface area contributed by atoms with E-state index in [1.807, 2.05) is 18.2 Å². The second kappa shape index (κ2) is 7.64. The van der Waals surface area contributed by atoms with Crippen molar-refractivity contribution in [3.05, 3.63) is 82.4 Å². The van der Waals surface area contributed by atoms with Crippen molar-refractivity contribution < 1.29 is 9.13 Å². The minimum atomic E-state index is -0.312. The fourth-order valence-electron chi connectivity index (χ4n) is 2.79. The van der Waals surface area contributed by atoms with E-state index in [1.165, 1.54) is 7.11 Å². The maximum absolute atomic E-state index is 15.2. The Labute approximate surface area is 151 Å². The lowest BCUT2D eigenvalue weighted by Crippen LogP contribution is -2.02. The summed E-state index contributed by atoms with van der Waals surface area (Å²) in [6, 6.07) is 14.4. The lowest BCUT2D eigenvalue weighted by Gasteiger charge is -2.14. The van der Waals surface area contributed by atoms with Gasteiger partial charge in [-0.3, -0.25) is 4.98 Å². The Morgan fingerprint density at radius 3 is 2.72 bits per heavy atom. The van der Waals surface area contributed by atoms with Crippen molar-refractivity contribution in [1.82, 2.24) is 4.98 Å².